The Labute approximate surface area is 95.9 Å². The van der Waals surface area contributed by atoms with Crippen molar-refractivity contribution in [3.8, 4) is 0 Å². The molecule has 0 spiro atoms. The maximum Gasteiger partial charge on any atom is 0.0532 e. The summed E-state index contributed by atoms with van der Waals surface area (Å²) >= 11 is 0. The van der Waals surface area contributed by atoms with Crippen LogP contribution in [0.25, 0.3) is 0 Å². The lowest BCUT2D eigenvalue weighted by Gasteiger charge is -2.04. The van der Waals surface area contributed by atoms with E-state index in [1.807, 2.05) is 12.4 Å². The standard InChI is InChI=1S/C13H17N3/c1-2-11-3-5-12(6-4-11)7-14-8-13-9-15-16-10-13/h3-6,9-10,14H,2,7-8H2,1H3,(H,15,16). The molecule has 1 aromatic heterocycles. The highest BCUT2D eigenvalue weighted by Crippen LogP contribution is 2.05. The van der Waals surface area contributed by atoms with Crippen molar-refractivity contribution in [2.45, 2.75) is 26.4 Å². The predicted octanol–water partition coefficient (Wildman–Crippen LogP) is 2.26. The third-order valence-electron chi connectivity index (χ3n) is 2.64. The molecule has 2 rings (SSSR count). The van der Waals surface area contributed by atoms with Gasteiger partial charge in [-0.1, -0.05) is 31.2 Å². The molecule has 3 heteroatoms. The smallest absolute Gasteiger partial charge is 0.0532 e. The van der Waals surface area contributed by atoms with Gasteiger partial charge >= 0.3 is 0 Å². The maximum atomic E-state index is 3.91. The zero-order valence-corrected chi connectivity index (χ0v) is 9.53. The molecule has 0 saturated carbocycles. The lowest BCUT2D eigenvalue weighted by molar-refractivity contribution is 0.693. The Hall–Kier alpha value is -1.61. The number of rotatable bonds is 5. The first-order valence-corrected chi connectivity index (χ1v) is 5.64. The Balaban J connectivity index is 1.81. The molecule has 0 amide bonds. The number of benzene rings is 1. The normalized spacial score (nSPS) is 10.6. The zero-order chi connectivity index (χ0) is 11.2. The van der Waals surface area contributed by atoms with Crippen LogP contribution in [0.3, 0.4) is 0 Å². The average Bonchev–Trinajstić information content (AvgIpc) is 2.83. The van der Waals surface area contributed by atoms with Gasteiger partial charge in [0.2, 0.25) is 0 Å². The van der Waals surface area contributed by atoms with Crippen LogP contribution in [-0.4, -0.2) is 10.2 Å². The van der Waals surface area contributed by atoms with Crippen molar-refractivity contribution in [1.29, 1.82) is 0 Å². The summed E-state index contributed by atoms with van der Waals surface area (Å²) in [6.45, 7) is 3.92. The molecule has 3 nitrogen and oxygen atoms in total. The van der Waals surface area contributed by atoms with E-state index in [4.69, 9.17) is 0 Å². The lowest BCUT2D eigenvalue weighted by atomic mass is 10.1. The highest BCUT2D eigenvalue weighted by molar-refractivity contribution is 5.22. The van der Waals surface area contributed by atoms with Crippen LogP contribution in [-0.2, 0) is 19.5 Å². The van der Waals surface area contributed by atoms with Gasteiger partial charge in [-0.3, -0.25) is 5.10 Å². The lowest BCUT2D eigenvalue weighted by Crippen LogP contribution is -2.12. The summed E-state index contributed by atoms with van der Waals surface area (Å²) in [6.07, 6.45) is 4.85. The van der Waals surface area contributed by atoms with E-state index in [0.29, 0.717) is 0 Å². The van der Waals surface area contributed by atoms with Crippen molar-refractivity contribution in [2.24, 2.45) is 0 Å². The number of aromatic amines is 1. The second-order valence-corrected chi connectivity index (χ2v) is 3.88. The second-order valence-electron chi connectivity index (χ2n) is 3.88. The van der Waals surface area contributed by atoms with Gasteiger partial charge in [-0.15, -0.1) is 0 Å². The fraction of sp³-hybridized carbons (Fsp3) is 0.308. The number of nitrogens with zero attached hydrogens (tertiary/aromatic N) is 1. The maximum absolute atomic E-state index is 3.91. The number of nitrogens with one attached hydrogen (secondary N) is 2. The van der Waals surface area contributed by atoms with Crippen LogP contribution >= 0.6 is 0 Å². The summed E-state index contributed by atoms with van der Waals surface area (Å²) in [7, 11) is 0. The summed E-state index contributed by atoms with van der Waals surface area (Å²) in [6, 6.07) is 8.74. The quantitative estimate of drug-likeness (QED) is 0.803. The fourth-order valence-electron chi connectivity index (χ4n) is 1.62. The molecular weight excluding hydrogens is 198 g/mol. The molecule has 0 unspecified atom stereocenters. The highest BCUT2D eigenvalue weighted by Gasteiger charge is 1.95. The largest absolute Gasteiger partial charge is 0.309 e. The molecule has 0 bridgehead atoms. The van der Waals surface area contributed by atoms with Crippen molar-refractivity contribution in [3.63, 3.8) is 0 Å². The van der Waals surface area contributed by atoms with Gasteiger partial charge in [-0.2, -0.15) is 5.10 Å². The summed E-state index contributed by atoms with van der Waals surface area (Å²) in [4.78, 5) is 0. The number of H-pyrrole nitrogens is 1. The molecular formula is C13H17N3. The second kappa shape index (κ2) is 5.47. The van der Waals surface area contributed by atoms with E-state index in [9.17, 15) is 0 Å². The molecule has 0 fully saturated rings. The Bertz CT molecular complexity index is 403. The molecule has 0 aliphatic heterocycles. The topological polar surface area (TPSA) is 40.7 Å². The first-order chi connectivity index (χ1) is 7.88. The molecule has 0 atom stereocenters. The van der Waals surface area contributed by atoms with Crippen LogP contribution in [0.5, 0.6) is 0 Å². The minimum absolute atomic E-state index is 0.853. The van der Waals surface area contributed by atoms with E-state index in [2.05, 4.69) is 46.7 Å². The number of aryl methyl sites for hydroxylation is 1. The van der Waals surface area contributed by atoms with Crippen molar-refractivity contribution in [1.82, 2.24) is 15.5 Å². The summed E-state index contributed by atoms with van der Waals surface area (Å²) < 4.78 is 0. The van der Waals surface area contributed by atoms with E-state index >= 15 is 0 Å². The number of aromatic nitrogens is 2. The predicted molar refractivity (Wildman–Crippen MR) is 65.0 cm³/mol. The van der Waals surface area contributed by atoms with Crippen molar-refractivity contribution in [3.05, 3.63) is 53.3 Å². The number of hydrogen-bond donors (Lipinski definition) is 2. The minimum atomic E-state index is 0.853. The molecule has 1 aromatic carbocycles. The average molecular weight is 215 g/mol. The Morgan fingerprint density at radius 1 is 1.06 bits per heavy atom. The third kappa shape index (κ3) is 2.94. The Kier molecular flexibility index (Phi) is 3.72. The van der Waals surface area contributed by atoms with Crippen LogP contribution in [0.1, 0.15) is 23.6 Å². The van der Waals surface area contributed by atoms with Gasteiger partial charge in [0.05, 0.1) is 6.20 Å². The van der Waals surface area contributed by atoms with Crippen LogP contribution in [0.4, 0.5) is 0 Å². The summed E-state index contributed by atoms with van der Waals surface area (Å²) in [5, 5.41) is 10.1. The van der Waals surface area contributed by atoms with Gasteiger partial charge in [0.15, 0.2) is 0 Å². The van der Waals surface area contributed by atoms with Gasteiger partial charge in [0, 0.05) is 24.8 Å². The van der Waals surface area contributed by atoms with Crippen molar-refractivity contribution >= 4 is 0 Å². The van der Waals surface area contributed by atoms with Crippen LogP contribution in [0.2, 0.25) is 0 Å². The van der Waals surface area contributed by atoms with E-state index in [0.717, 1.165) is 19.5 Å². The molecule has 16 heavy (non-hydrogen) atoms. The monoisotopic (exact) mass is 215 g/mol. The zero-order valence-electron chi connectivity index (χ0n) is 9.53. The van der Waals surface area contributed by atoms with E-state index < -0.39 is 0 Å². The highest BCUT2D eigenvalue weighted by atomic mass is 15.1. The molecule has 2 N–H and O–H groups in total. The third-order valence-corrected chi connectivity index (χ3v) is 2.64. The van der Waals surface area contributed by atoms with Crippen molar-refractivity contribution in [2.75, 3.05) is 0 Å². The van der Waals surface area contributed by atoms with Gasteiger partial charge < -0.3 is 5.32 Å². The summed E-state index contributed by atoms with van der Waals surface area (Å²) in [5.41, 5.74) is 3.89. The van der Waals surface area contributed by atoms with Crippen LogP contribution in [0, 0.1) is 0 Å². The summed E-state index contributed by atoms with van der Waals surface area (Å²) in [5.74, 6) is 0. The van der Waals surface area contributed by atoms with Gasteiger partial charge in [-0.25, -0.2) is 0 Å². The van der Waals surface area contributed by atoms with E-state index in [-0.39, 0.29) is 0 Å². The van der Waals surface area contributed by atoms with Gasteiger partial charge in [-0.05, 0) is 17.5 Å². The van der Waals surface area contributed by atoms with Crippen molar-refractivity contribution < 1.29 is 0 Å². The molecule has 0 aliphatic rings. The number of hydrogen-bond acceptors (Lipinski definition) is 2. The Morgan fingerprint density at radius 2 is 1.75 bits per heavy atom. The fourth-order valence-corrected chi connectivity index (χ4v) is 1.62. The first kappa shape index (κ1) is 10.9. The van der Waals surface area contributed by atoms with Gasteiger partial charge in [0.25, 0.3) is 0 Å². The Morgan fingerprint density at radius 3 is 2.38 bits per heavy atom. The molecule has 1 heterocycles. The minimum Gasteiger partial charge on any atom is -0.309 e. The van der Waals surface area contributed by atoms with E-state index in [1.54, 1.807) is 0 Å². The first-order valence-electron chi connectivity index (χ1n) is 5.64. The van der Waals surface area contributed by atoms with Crippen LogP contribution < -0.4 is 5.32 Å². The van der Waals surface area contributed by atoms with Gasteiger partial charge in [0.1, 0.15) is 0 Å². The molecule has 0 saturated heterocycles. The molecule has 0 aliphatic carbocycles. The molecule has 2 aromatic rings. The SMILES string of the molecule is CCc1ccc(CNCc2cn[nH]c2)cc1. The van der Waals surface area contributed by atoms with E-state index in [1.165, 1.54) is 16.7 Å². The van der Waals surface area contributed by atoms with Crippen LogP contribution in [0.15, 0.2) is 36.7 Å². The molecule has 84 valence electrons. The molecule has 0 radical (unpaired) electrons.